The van der Waals surface area contributed by atoms with Crippen molar-refractivity contribution in [2.45, 2.75) is 26.4 Å². The van der Waals surface area contributed by atoms with Crippen LogP contribution in [0.4, 0.5) is 10.1 Å². The van der Waals surface area contributed by atoms with Crippen molar-refractivity contribution in [2.75, 3.05) is 4.90 Å². The normalized spacial score (nSPS) is 10.6. The molecule has 0 aliphatic carbocycles. The van der Waals surface area contributed by atoms with Crippen molar-refractivity contribution in [2.24, 2.45) is 0 Å². The summed E-state index contributed by atoms with van der Waals surface area (Å²) in [6, 6.07) is 30.6. The highest BCUT2D eigenvalue weighted by atomic mass is 19.1. The summed E-state index contributed by atoms with van der Waals surface area (Å²) < 4.78 is 13.4. The maximum atomic E-state index is 13.4. The van der Waals surface area contributed by atoms with E-state index in [0.29, 0.717) is 17.8 Å². The number of aryl methyl sites for hydroxylation is 1. The molecule has 4 aromatic carbocycles. The van der Waals surface area contributed by atoms with Gasteiger partial charge in [-0.3, -0.25) is 9.59 Å². The molecule has 0 aliphatic rings. The van der Waals surface area contributed by atoms with E-state index in [1.165, 1.54) is 12.1 Å². The molecule has 0 aromatic heterocycles. The summed E-state index contributed by atoms with van der Waals surface area (Å²) in [6.07, 6.45) is 0.198. The maximum absolute atomic E-state index is 13.4. The number of benzene rings is 4. The topological polar surface area (TPSA) is 49.4 Å². The minimum Gasteiger partial charge on any atom is -0.352 e. The van der Waals surface area contributed by atoms with E-state index in [2.05, 4.69) is 5.32 Å². The molecular weight excluding hydrogens is 439 g/mol. The summed E-state index contributed by atoms with van der Waals surface area (Å²) in [5.41, 5.74) is 5.02. The third kappa shape index (κ3) is 6.64. The standard InChI is InChI=1S/C30H27FN2O2/c1-22-7-5-9-25(17-22)20-32-29(34)19-24-8-6-12-28(18-24)33(21-23-13-15-27(31)16-14-23)30(35)26-10-3-2-4-11-26/h2-18H,19-21H2,1H3,(H,32,34). The number of nitrogens with one attached hydrogen (secondary N) is 1. The number of hydrogen-bond acceptors (Lipinski definition) is 2. The number of carbonyl (C=O) groups excluding carboxylic acids is 2. The van der Waals surface area contributed by atoms with E-state index in [0.717, 1.165) is 22.3 Å². The van der Waals surface area contributed by atoms with E-state index >= 15 is 0 Å². The highest BCUT2D eigenvalue weighted by Gasteiger charge is 2.19. The van der Waals surface area contributed by atoms with Crippen LogP contribution >= 0.6 is 0 Å². The molecule has 0 spiro atoms. The average molecular weight is 467 g/mol. The zero-order valence-corrected chi connectivity index (χ0v) is 19.6. The molecule has 176 valence electrons. The number of hydrogen-bond donors (Lipinski definition) is 1. The lowest BCUT2D eigenvalue weighted by Crippen LogP contribution is -2.30. The number of halogens is 1. The van der Waals surface area contributed by atoms with Gasteiger partial charge >= 0.3 is 0 Å². The van der Waals surface area contributed by atoms with Gasteiger partial charge in [0.2, 0.25) is 5.91 Å². The van der Waals surface area contributed by atoms with Gasteiger partial charge in [-0.25, -0.2) is 4.39 Å². The van der Waals surface area contributed by atoms with Gasteiger partial charge in [0.05, 0.1) is 13.0 Å². The molecule has 0 fully saturated rings. The summed E-state index contributed by atoms with van der Waals surface area (Å²) in [4.78, 5) is 27.7. The van der Waals surface area contributed by atoms with Gasteiger partial charge in [0.25, 0.3) is 5.91 Å². The lowest BCUT2D eigenvalue weighted by Gasteiger charge is -2.24. The van der Waals surface area contributed by atoms with Crippen LogP contribution in [0.5, 0.6) is 0 Å². The highest BCUT2D eigenvalue weighted by Crippen LogP contribution is 2.22. The number of anilines is 1. The van der Waals surface area contributed by atoms with Crippen molar-refractivity contribution >= 4 is 17.5 Å². The molecule has 1 N–H and O–H groups in total. The average Bonchev–Trinajstić information content (AvgIpc) is 2.87. The summed E-state index contributed by atoms with van der Waals surface area (Å²) in [6.45, 7) is 2.76. The molecular formula is C30H27FN2O2. The van der Waals surface area contributed by atoms with E-state index in [1.807, 2.05) is 73.7 Å². The fourth-order valence-corrected chi connectivity index (χ4v) is 3.89. The summed E-state index contributed by atoms with van der Waals surface area (Å²) in [5.74, 6) is -0.590. The largest absolute Gasteiger partial charge is 0.352 e. The van der Waals surface area contributed by atoms with E-state index in [1.54, 1.807) is 29.2 Å². The number of amides is 2. The van der Waals surface area contributed by atoms with Crippen molar-refractivity contribution < 1.29 is 14.0 Å². The Labute approximate surface area is 205 Å². The molecule has 4 aromatic rings. The zero-order valence-electron chi connectivity index (χ0n) is 19.6. The Morgan fingerprint density at radius 1 is 0.771 bits per heavy atom. The molecule has 0 bridgehead atoms. The fourth-order valence-electron chi connectivity index (χ4n) is 3.89. The first-order valence-corrected chi connectivity index (χ1v) is 11.5. The zero-order chi connectivity index (χ0) is 24.6. The van der Waals surface area contributed by atoms with E-state index < -0.39 is 0 Å². The van der Waals surface area contributed by atoms with Crippen LogP contribution in [-0.4, -0.2) is 11.8 Å². The van der Waals surface area contributed by atoms with Gasteiger partial charge in [-0.1, -0.05) is 72.3 Å². The predicted octanol–water partition coefficient (Wildman–Crippen LogP) is 5.84. The van der Waals surface area contributed by atoms with Crippen LogP contribution in [0.2, 0.25) is 0 Å². The molecule has 0 saturated heterocycles. The van der Waals surface area contributed by atoms with Crippen LogP contribution in [0.15, 0.2) is 103 Å². The molecule has 4 nitrogen and oxygen atoms in total. The van der Waals surface area contributed by atoms with Crippen LogP contribution in [0.3, 0.4) is 0 Å². The maximum Gasteiger partial charge on any atom is 0.258 e. The Morgan fingerprint density at radius 2 is 1.49 bits per heavy atom. The van der Waals surface area contributed by atoms with Gasteiger partial charge in [0.15, 0.2) is 0 Å². The molecule has 0 unspecified atom stereocenters. The Balaban J connectivity index is 1.52. The second kappa shape index (κ2) is 11.3. The molecule has 0 saturated carbocycles. The van der Waals surface area contributed by atoms with Crippen LogP contribution in [-0.2, 0) is 24.3 Å². The lowest BCUT2D eigenvalue weighted by atomic mass is 10.1. The quantitative estimate of drug-likeness (QED) is 0.355. The number of rotatable bonds is 8. The Hall–Kier alpha value is -4.25. The smallest absolute Gasteiger partial charge is 0.258 e. The van der Waals surface area contributed by atoms with Crippen LogP contribution in [0, 0.1) is 12.7 Å². The van der Waals surface area contributed by atoms with Gasteiger partial charge in [-0.05, 0) is 60.0 Å². The first-order chi connectivity index (χ1) is 17.0. The molecule has 0 heterocycles. The van der Waals surface area contributed by atoms with Crippen LogP contribution < -0.4 is 10.2 Å². The molecule has 35 heavy (non-hydrogen) atoms. The number of nitrogens with zero attached hydrogens (tertiary/aromatic N) is 1. The summed E-state index contributed by atoms with van der Waals surface area (Å²) >= 11 is 0. The molecule has 0 aliphatic heterocycles. The van der Waals surface area contributed by atoms with Crippen molar-refractivity contribution in [1.29, 1.82) is 0 Å². The molecule has 2 amide bonds. The van der Waals surface area contributed by atoms with E-state index in [4.69, 9.17) is 0 Å². The Morgan fingerprint density at radius 3 is 2.23 bits per heavy atom. The van der Waals surface area contributed by atoms with Gasteiger partial charge in [0.1, 0.15) is 5.82 Å². The van der Waals surface area contributed by atoms with Crippen molar-refractivity contribution in [3.8, 4) is 0 Å². The van der Waals surface area contributed by atoms with Crippen LogP contribution in [0.25, 0.3) is 0 Å². The molecule has 5 heteroatoms. The molecule has 0 atom stereocenters. The van der Waals surface area contributed by atoms with E-state index in [9.17, 15) is 14.0 Å². The molecule has 0 radical (unpaired) electrons. The van der Waals surface area contributed by atoms with Gasteiger partial charge in [0, 0.05) is 17.8 Å². The minimum absolute atomic E-state index is 0.0943. The van der Waals surface area contributed by atoms with Crippen molar-refractivity contribution in [3.63, 3.8) is 0 Å². The number of carbonyl (C=O) groups is 2. The monoisotopic (exact) mass is 466 g/mol. The Kier molecular flexibility index (Phi) is 7.68. The first-order valence-electron chi connectivity index (χ1n) is 11.5. The van der Waals surface area contributed by atoms with Crippen LogP contribution in [0.1, 0.15) is 32.6 Å². The summed E-state index contributed by atoms with van der Waals surface area (Å²) in [5, 5.41) is 2.96. The first kappa shape index (κ1) is 23.9. The second-order valence-corrected chi connectivity index (χ2v) is 8.50. The van der Waals surface area contributed by atoms with Gasteiger partial charge < -0.3 is 10.2 Å². The van der Waals surface area contributed by atoms with Crippen molar-refractivity contribution in [3.05, 3.63) is 137 Å². The fraction of sp³-hybridized carbons (Fsp3) is 0.133. The van der Waals surface area contributed by atoms with E-state index in [-0.39, 0.29) is 30.6 Å². The second-order valence-electron chi connectivity index (χ2n) is 8.50. The SMILES string of the molecule is Cc1cccc(CNC(=O)Cc2cccc(N(Cc3ccc(F)cc3)C(=O)c3ccccc3)c2)c1. The highest BCUT2D eigenvalue weighted by molar-refractivity contribution is 6.06. The van der Waals surface area contributed by atoms with Gasteiger partial charge in [-0.2, -0.15) is 0 Å². The third-order valence-electron chi connectivity index (χ3n) is 5.68. The van der Waals surface area contributed by atoms with Crippen molar-refractivity contribution in [1.82, 2.24) is 5.32 Å². The minimum atomic E-state index is -0.326. The Bertz CT molecular complexity index is 1300. The summed E-state index contributed by atoms with van der Waals surface area (Å²) in [7, 11) is 0. The molecule has 4 rings (SSSR count). The van der Waals surface area contributed by atoms with Gasteiger partial charge in [-0.15, -0.1) is 0 Å². The predicted molar refractivity (Wildman–Crippen MR) is 137 cm³/mol. The third-order valence-corrected chi connectivity index (χ3v) is 5.68. The lowest BCUT2D eigenvalue weighted by molar-refractivity contribution is -0.120.